The van der Waals surface area contributed by atoms with Crippen LogP contribution < -0.4 is 5.73 Å². The molecule has 0 amide bonds. The van der Waals surface area contributed by atoms with Gasteiger partial charge in [-0.2, -0.15) is 0 Å². The molecule has 1 aliphatic heterocycles. The lowest BCUT2D eigenvalue weighted by molar-refractivity contribution is 0.0817. The third-order valence-electron chi connectivity index (χ3n) is 3.92. The highest BCUT2D eigenvalue weighted by molar-refractivity contribution is 7.10. The summed E-state index contributed by atoms with van der Waals surface area (Å²) in [6.07, 6.45) is 2.46. The summed E-state index contributed by atoms with van der Waals surface area (Å²) in [7, 11) is 1.80. The number of rotatable bonds is 5. The number of methoxy groups -OCH3 is 1. The Kier molecular flexibility index (Phi) is 5.18. The summed E-state index contributed by atoms with van der Waals surface area (Å²) >= 11 is 1.84. The molecule has 3 nitrogen and oxygen atoms in total. The van der Waals surface area contributed by atoms with E-state index in [2.05, 4.69) is 23.3 Å². The SMILES string of the molecule is COCC1CCN(C(CN)c2sccc2C)CC1. The highest BCUT2D eigenvalue weighted by Crippen LogP contribution is 2.31. The Balaban J connectivity index is 1.97. The lowest BCUT2D eigenvalue weighted by Gasteiger charge is -2.36. The van der Waals surface area contributed by atoms with Crippen LogP contribution >= 0.6 is 11.3 Å². The van der Waals surface area contributed by atoms with Crippen molar-refractivity contribution >= 4 is 11.3 Å². The Labute approximate surface area is 114 Å². The number of hydrogen-bond acceptors (Lipinski definition) is 4. The quantitative estimate of drug-likeness (QED) is 0.891. The van der Waals surface area contributed by atoms with Gasteiger partial charge >= 0.3 is 0 Å². The first-order valence-corrected chi connectivity index (χ1v) is 7.61. The van der Waals surface area contributed by atoms with Crippen molar-refractivity contribution in [2.45, 2.75) is 25.8 Å². The Bertz CT molecular complexity index is 358. The fraction of sp³-hybridized carbons (Fsp3) is 0.714. The molecule has 0 bridgehead atoms. The van der Waals surface area contributed by atoms with Gasteiger partial charge in [0.1, 0.15) is 0 Å². The summed E-state index contributed by atoms with van der Waals surface area (Å²) in [6.45, 7) is 6.10. The molecule has 2 N–H and O–H groups in total. The van der Waals surface area contributed by atoms with Crippen molar-refractivity contribution in [2.24, 2.45) is 11.7 Å². The summed E-state index contributed by atoms with van der Waals surface area (Å²) in [5, 5.41) is 2.17. The summed E-state index contributed by atoms with van der Waals surface area (Å²) in [5.41, 5.74) is 7.38. The third kappa shape index (κ3) is 3.12. The number of aryl methyl sites for hydroxylation is 1. The first kappa shape index (κ1) is 14.0. The minimum absolute atomic E-state index is 0.411. The average molecular weight is 268 g/mol. The van der Waals surface area contributed by atoms with Crippen LogP contribution in [0.4, 0.5) is 0 Å². The van der Waals surface area contributed by atoms with Gasteiger partial charge in [0.25, 0.3) is 0 Å². The van der Waals surface area contributed by atoms with Crippen molar-refractivity contribution in [3.05, 3.63) is 21.9 Å². The second kappa shape index (κ2) is 6.66. The van der Waals surface area contributed by atoms with Gasteiger partial charge in [-0.25, -0.2) is 0 Å². The van der Waals surface area contributed by atoms with Gasteiger partial charge in [0.2, 0.25) is 0 Å². The molecule has 1 saturated heterocycles. The molecule has 102 valence electrons. The van der Waals surface area contributed by atoms with Gasteiger partial charge in [-0.05, 0) is 55.8 Å². The molecule has 1 aromatic rings. The topological polar surface area (TPSA) is 38.5 Å². The summed E-state index contributed by atoms with van der Waals surface area (Å²) in [4.78, 5) is 3.99. The van der Waals surface area contributed by atoms with Crippen molar-refractivity contribution in [2.75, 3.05) is 33.4 Å². The van der Waals surface area contributed by atoms with Crippen LogP contribution in [-0.4, -0.2) is 38.3 Å². The lowest BCUT2D eigenvalue weighted by Crippen LogP contribution is -2.40. The van der Waals surface area contributed by atoms with Gasteiger partial charge in [0, 0.05) is 25.1 Å². The van der Waals surface area contributed by atoms with E-state index in [0.29, 0.717) is 6.04 Å². The van der Waals surface area contributed by atoms with Crippen molar-refractivity contribution < 1.29 is 4.74 Å². The van der Waals surface area contributed by atoms with Crippen LogP contribution in [0.25, 0.3) is 0 Å². The smallest absolute Gasteiger partial charge is 0.0566 e. The van der Waals surface area contributed by atoms with Crippen LogP contribution in [-0.2, 0) is 4.74 Å². The van der Waals surface area contributed by atoms with Crippen LogP contribution in [0.5, 0.6) is 0 Å². The lowest BCUT2D eigenvalue weighted by atomic mass is 9.96. The predicted molar refractivity (Wildman–Crippen MR) is 77.0 cm³/mol. The Hall–Kier alpha value is -0.420. The molecule has 1 aliphatic rings. The highest BCUT2D eigenvalue weighted by Gasteiger charge is 2.26. The van der Waals surface area contributed by atoms with E-state index in [1.165, 1.54) is 23.3 Å². The van der Waals surface area contributed by atoms with Gasteiger partial charge in [0.15, 0.2) is 0 Å². The zero-order chi connectivity index (χ0) is 13.0. The van der Waals surface area contributed by atoms with Crippen molar-refractivity contribution in [3.63, 3.8) is 0 Å². The number of nitrogens with two attached hydrogens (primary N) is 1. The van der Waals surface area contributed by atoms with E-state index in [0.717, 1.165) is 32.2 Å². The van der Waals surface area contributed by atoms with E-state index in [-0.39, 0.29) is 0 Å². The minimum Gasteiger partial charge on any atom is -0.384 e. The first-order chi connectivity index (χ1) is 8.76. The fourth-order valence-corrected chi connectivity index (χ4v) is 3.89. The van der Waals surface area contributed by atoms with E-state index < -0.39 is 0 Å². The van der Waals surface area contributed by atoms with Crippen LogP contribution in [0.2, 0.25) is 0 Å². The van der Waals surface area contributed by atoms with E-state index in [9.17, 15) is 0 Å². The summed E-state index contributed by atoms with van der Waals surface area (Å²) in [6, 6.07) is 2.61. The number of likely N-dealkylation sites (tertiary alicyclic amines) is 1. The van der Waals surface area contributed by atoms with Gasteiger partial charge in [-0.3, -0.25) is 4.90 Å². The molecule has 0 aliphatic carbocycles. The molecule has 0 spiro atoms. The molecule has 2 heterocycles. The normalized spacial score (nSPS) is 20.2. The molecule has 4 heteroatoms. The van der Waals surface area contributed by atoms with Gasteiger partial charge in [-0.15, -0.1) is 11.3 Å². The number of ether oxygens (including phenoxy) is 1. The standard InChI is InChI=1S/C14H24N2OS/c1-11-5-8-18-14(11)13(9-15)16-6-3-12(4-7-16)10-17-2/h5,8,12-13H,3-4,6-7,9-10,15H2,1-2H3. The molecule has 1 unspecified atom stereocenters. The second-order valence-corrected chi connectivity index (χ2v) is 6.10. The Morgan fingerprint density at radius 2 is 2.22 bits per heavy atom. The molecule has 1 atom stereocenters. The maximum Gasteiger partial charge on any atom is 0.0566 e. The number of piperidine rings is 1. The molecule has 1 fully saturated rings. The second-order valence-electron chi connectivity index (χ2n) is 5.15. The predicted octanol–water partition coefficient (Wildman–Crippen LogP) is 2.41. The Morgan fingerprint density at radius 1 is 1.50 bits per heavy atom. The molecule has 0 radical (unpaired) electrons. The van der Waals surface area contributed by atoms with Crippen LogP contribution in [0.1, 0.15) is 29.3 Å². The molecule has 2 rings (SSSR count). The summed E-state index contributed by atoms with van der Waals surface area (Å²) in [5.74, 6) is 0.731. The van der Waals surface area contributed by atoms with Crippen LogP contribution in [0.3, 0.4) is 0 Å². The van der Waals surface area contributed by atoms with Crippen molar-refractivity contribution in [1.82, 2.24) is 4.90 Å². The van der Waals surface area contributed by atoms with Crippen molar-refractivity contribution in [3.8, 4) is 0 Å². The molecule has 18 heavy (non-hydrogen) atoms. The number of thiophene rings is 1. The van der Waals surface area contributed by atoms with E-state index in [1.54, 1.807) is 7.11 Å². The zero-order valence-electron chi connectivity index (χ0n) is 11.4. The van der Waals surface area contributed by atoms with Gasteiger partial charge in [-0.1, -0.05) is 0 Å². The molecule has 0 aromatic carbocycles. The Morgan fingerprint density at radius 3 is 2.72 bits per heavy atom. The molecular weight excluding hydrogens is 244 g/mol. The zero-order valence-corrected chi connectivity index (χ0v) is 12.2. The molecule has 1 aromatic heterocycles. The number of nitrogens with zero attached hydrogens (tertiary/aromatic N) is 1. The van der Waals surface area contributed by atoms with Gasteiger partial charge < -0.3 is 10.5 Å². The summed E-state index contributed by atoms with van der Waals surface area (Å²) < 4.78 is 5.25. The maximum absolute atomic E-state index is 6.00. The molecular formula is C14H24N2OS. The largest absolute Gasteiger partial charge is 0.384 e. The van der Waals surface area contributed by atoms with E-state index >= 15 is 0 Å². The van der Waals surface area contributed by atoms with Crippen LogP contribution in [0, 0.1) is 12.8 Å². The monoisotopic (exact) mass is 268 g/mol. The fourth-order valence-electron chi connectivity index (χ4n) is 2.81. The van der Waals surface area contributed by atoms with Crippen LogP contribution in [0.15, 0.2) is 11.4 Å². The molecule has 0 saturated carbocycles. The van der Waals surface area contributed by atoms with E-state index in [4.69, 9.17) is 10.5 Å². The van der Waals surface area contributed by atoms with E-state index in [1.807, 2.05) is 11.3 Å². The first-order valence-electron chi connectivity index (χ1n) is 6.73. The average Bonchev–Trinajstić information content (AvgIpc) is 2.79. The minimum atomic E-state index is 0.411. The maximum atomic E-state index is 6.00. The van der Waals surface area contributed by atoms with Crippen molar-refractivity contribution in [1.29, 1.82) is 0 Å². The van der Waals surface area contributed by atoms with Gasteiger partial charge in [0.05, 0.1) is 6.04 Å². The third-order valence-corrected chi connectivity index (χ3v) is 5.04. The number of hydrogen-bond donors (Lipinski definition) is 1. The highest BCUT2D eigenvalue weighted by atomic mass is 32.1.